The second-order valence-corrected chi connectivity index (χ2v) is 4.80. The van der Waals surface area contributed by atoms with Crippen molar-refractivity contribution in [1.29, 1.82) is 0 Å². The number of hydrogen-bond donors (Lipinski definition) is 0. The van der Waals surface area contributed by atoms with Crippen LogP contribution in [0.1, 0.15) is 11.3 Å². The van der Waals surface area contributed by atoms with Gasteiger partial charge in [0.15, 0.2) is 0 Å². The van der Waals surface area contributed by atoms with Crippen LogP contribution in [0.2, 0.25) is 0 Å². The lowest BCUT2D eigenvalue weighted by Gasteiger charge is -2.18. The maximum atomic E-state index is 4.53. The lowest BCUT2D eigenvalue weighted by molar-refractivity contribution is 0.888. The molecule has 0 radical (unpaired) electrons. The van der Waals surface area contributed by atoms with Crippen molar-refractivity contribution in [2.45, 2.75) is 13.5 Å². The smallest absolute Gasteiger partial charge is 0.128 e. The highest BCUT2D eigenvalue weighted by Crippen LogP contribution is 2.19. The summed E-state index contributed by atoms with van der Waals surface area (Å²) >= 11 is 3.46. The number of rotatable bonds is 3. The first-order valence-corrected chi connectivity index (χ1v) is 6.19. The van der Waals surface area contributed by atoms with Crippen LogP contribution in [0.3, 0.4) is 0 Å². The van der Waals surface area contributed by atoms with Crippen LogP contribution in [-0.2, 0) is 6.54 Å². The number of hydrogen-bond acceptors (Lipinski definition) is 3. The topological polar surface area (TPSA) is 29.0 Å². The van der Waals surface area contributed by atoms with Crippen molar-refractivity contribution in [3.63, 3.8) is 0 Å². The van der Waals surface area contributed by atoms with Crippen LogP contribution < -0.4 is 4.90 Å². The Morgan fingerprint density at radius 3 is 2.53 bits per heavy atom. The van der Waals surface area contributed by atoms with E-state index in [1.54, 1.807) is 0 Å². The van der Waals surface area contributed by atoms with E-state index in [2.05, 4.69) is 30.8 Å². The Bertz CT molecular complexity index is 499. The van der Waals surface area contributed by atoms with E-state index in [1.165, 1.54) is 5.56 Å². The molecule has 88 valence electrons. The molecule has 0 aliphatic rings. The summed E-state index contributed by atoms with van der Waals surface area (Å²) in [7, 11) is 2.04. The third-order valence-corrected chi connectivity index (χ3v) is 3.40. The highest BCUT2D eigenvalue weighted by atomic mass is 79.9. The molecule has 0 aliphatic heterocycles. The molecule has 0 amide bonds. The molecule has 2 aromatic heterocycles. The summed E-state index contributed by atoms with van der Waals surface area (Å²) in [5, 5.41) is 0. The monoisotopic (exact) mass is 291 g/mol. The summed E-state index contributed by atoms with van der Waals surface area (Å²) < 4.78 is 1.04. The van der Waals surface area contributed by atoms with Gasteiger partial charge in [0.05, 0.1) is 5.69 Å². The third kappa shape index (κ3) is 3.03. The standard InChI is InChI=1S/C13H14BrN3/c1-10-12(14)3-4-13(16-10)17(2)9-11-5-7-15-8-6-11/h3-8H,9H2,1-2H3. The van der Waals surface area contributed by atoms with Gasteiger partial charge >= 0.3 is 0 Å². The molecule has 0 atom stereocenters. The van der Waals surface area contributed by atoms with Gasteiger partial charge in [0.1, 0.15) is 5.82 Å². The van der Waals surface area contributed by atoms with Gasteiger partial charge < -0.3 is 4.90 Å². The maximum Gasteiger partial charge on any atom is 0.128 e. The van der Waals surface area contributed by atoms with Crippen molar-refractivity contribution >= 4 is 21.7 Å². The fraction of sp³-hybridized carbons (Fsp3) is 0.231. The van der Waals surface area contributed by atoms with E-state index in [-0.39, 0.29) is 0 Å². The molecule has 2 heterocycles. The predicted molar refractivity (Wildman–Crippen MR) is 73.0 cm³/mol. The van der Waals surface area contributed by atoms with Crippen molar-refractivity contribution < 1.29 is 0 Å². The van der Waals surface area contributed by atoms with Crippen molar-refractivity contribution in [2.24, 2.45) is 0 Å². The minimum atomic E-state index is 0.830. The lowest BCUT2D eigenvalue weighted by atomic mass is 10.2. The summed E-state index contributed by atoms with van der Waals surface area (Å²) in [6, 6.07) is 8.07. The molecule has 0 aliphatic carbocycles. The summed E-state index contributed by atoms with van der Waals surface area (Å²) in [5.74, 6) is 0.975. The molecule has 3 nitrogen and oxygen atoms in total. The van der Waals surface area contributed by atoms with Crippen LogP contribution in [0.25, 0.3) is 0 Å². The summed E-state index contributed by atoms with van der Waals surface area (Å²) in [6.07, 6.45) is 3.62. The van der Waals surface area contributed by atoms with Crippen LogP contribution in [0.15, 0.2) is 41.1 Å². The zero-order valence-corrected chi connectivity index (χ0v) is 11.5. The predicted octanol–water partition coefficient (Wildman–Crippen LogP) is 3.18. The van der Waals surface area contributed by atoms with Gasteiger partial charge in [-0.1, -0.05) is 0 Å². The van der Waals surface area contributed by atoms with Crippen molar-refractivity contribution in [3.8, 4) is 0 Å². The summed E-state index contributed by atoms with van der Waals surface area (Å²) in [6.45, 7) is 2.82. The first kappa shape index (κ1) is 12.0. The molecule has 0 aromatic carbocycles. The molecular weight excluding hydrogens is 278 g/mol. The first-order chi connectivity index (χ1) is 8.16. The third-order valence-electron chi connectivity index (χ3n) is 2.57. The fourth-order valence-electron chi connectivity index (χ4n) is 1.59. The molecule has 2 rings (SSSR count). The number of nitrogens with zero attached hydrogens (tertiary/aromatic N) is 3. The summed E-state index contributed by atoms with van der Waals surface area (Å²) in [4.78, 5) is 10.7. The molecule has 0 saturated carbocycles. The van der Waals surface area contributed by atoms with Gasteiger partial charge in [-0.3, -0.25) is 4.98 Å². The molecule has 17 heavy (non-hydrogen) atoms. The Morgan fingerprint density at radius 2 is 1.88 bits per heavy atom. The molecular formula is C13H14BrN3. The van der Waals surface area contributed by atoms with Gasteiger partial charge in [-0.2, -0.15) is 0 Å². The molecule has 2 aromatic rings. The molecule has 0 spiro atoms. The number of anilines is 1. The molecule has 0 N–H and O–H groups in total. The van der Waals surface area contributed by atoms with Gasteiger partial charge in [-0.05, 0) is 52.7 Å². The Hall–Kier alpha value is -1.42. The normalized spacial score (nSPS) is 10.3. The number of pyridine rings is 2. The minimum Gasteiger partial charge on any atom is -0.355 e. The van der Waals surface area contributed by atoms with Crippen LogP contribution in [0.4, 0.5) is 5.82 Å². The van der Waals surface area contributed by atoms with Crippen molar-refractivity contribution in [3.05, 3.63) is 52.4 Å². The molecule has 0 fully saturated rings. The highest BCUT2D eigenvalue weighted by molar-refractivity contribution is 9.10. The van der Waals surface area contributed by atoms with E-state index in [0.29, 0.717) is 0 Å². The Morgan fingerprint density at radius 1 is 1.18 bits per heavy atom. The zero-order valence-electron chi connectivity index (χ0n) is 9.89. The number of halogens is 1. The van der Waals surface area contributed by atoms with E-state index in [9.17, 15) is 0 Å². The number of aromatic nitrogens is 2. The van der Waals surface area contributed by atoms with Gasteiger partial charge in [-0.25, -0.2) is 4.98 Å². The van der Waals surface area contributed by atoms with Gasteiger partial charge in [0, 0.05) is 30.5 Å². The van der Waals surface area contributed by atoms with Gasteiger partial charge in [-0.15, -0.1) is 0 Å². The summed E-state index contributed by atoms with van der Waals surface area (Å²) in [5.41, 5.74) is 2.23. The molecule has 0 bridgehead atoms. The Kier molecular flexibility index (Phi) is 3.74. The lowest BCUT2D eigenvalue weighted by Crippen LogP contribution is -2.17. The van der Waals surface area contributed by atoms with Crippen LogP contribution >= 0.6 is 15.9 Å². The quantitative estimate of drug-likeness (QED) is 0.870. The van der Waals surface area contributed by atoms with Crippen LogP contribution in [0.5, 0.6) is 0 Å². The Balaban J connectivity index is 2.14. The van der Waals surface area contributed by atoms with E-state index < -0.39 is 0 Å². The average Bonchev–Trinajstić information content (AvgIpc) is 2.34. The molecule has 0 saturated heterocycles. The Labute approximate surface area is 110 Å². The van der Waals surface area contributed by atoms with Gasteiger partial charge in [0.25, 0.3) is 0 Å². The molecule has 4 heteroatoms. The molecule has 0 unspecified atom stereocenters. The fourth-order valence-corrected chi connectivity index (χ4v) is 1.81. The average molecular weight is 292 g/mol. The van der Waals surface area contributed by atoms with E-state index in [1.807, 2.05) is 50.6 Å². The number of aryl methyl sites for hydroxylation is 1. The van der Waals surface area contributed by atoms with Crippen LogP contribution in [0, 0.1) is 6.92 Å². The van der Waals surface area contributed by atoms with Crippen molar-refractivity contribution in [2.75, 3.05) is 11.9 Å². The van der Waals surface area contributed by atoms with E-state index in [0.717, 1.165) is 22.5 Å². The highest BCUT2D eigenvalue weighted by Gasteiger charge is 2.05. The second kappa shape index (κ2) is 5.27. The zero-order chi connectivity index (χ0) is 12.3. The largest absolute Gasteiger partial charge is 0.355 e. The van der Waals surface area contributed by atoms with Gasteiger partial charge in [0.2, 0.25) is 0 Å². The SMILES string of the molecule is Cc1nc(N(C)Cc2ccncc2)ccc1Br. The second-order valence-electron chi connectivity index (χ2n) is 3.95. The van der Waals surface area contributed by atoms with E-state index >= 15 is 0 Å². The first-order valence-electron chi connectivity index (χ1n) is 5.40. The van der Waals surface area contributed by atoms with Crippen molar-refractivity contribution in [1.82, 2.24) is 9.97 Å². The minimum absolute atomic E-state index is 0.830. The maximum absolute atomic E-state index is 4.53. The van der Waals surface area contributed by atoms with E-state index in [4.69, 9.17) is 0 Å². The van der Waals surface area contributed by atoms with Crippen LogP contribution in [-0.4, -0.2) is 17.0 Å².